The zero-order valence-electron chi connectivity index (χ0n) is 22.9. The minimum atomic E-state index is -5.13. The van der Waals surface area contributed by atoms with Gasteiger partial charge in [0.05, 0.1) is 21.4 Å². The molecule has 218 valence electrons. The molecule has 42 heavy (non-hydrogen) atoms. The number of Topliss-reactive ketones (excluding diaryl/α,β-unsaturated/α-hetero) is 1. The van der Waals surface area contributed by atoms with Crippen LogP contribution in [-0.4, -0.2) is 41.4 Å². The van der Waals surface area contributed by atoms with E-state index in [9.17, 15) is 37.2 Å². The quantitative estimate of drug-likeness (QED) is 0.343. The summed E-state index contributed by atoms with van der Waals surface area (Å²) in [7, 11) is -9.45. The Kier molecular flexibility index (Phi) is 5.80. The molecule has 0 saturated heterocycles. The van der Waals surface area contributed by atoms with Crippen molar-refractivity contribution in [3.63, 3.8) is 0 Å². The molecule has 0 saturated carbocycles. The Bertz CT molecular complexity index is 1900. The van der Waals surface area contributed by atoms with Crippen molar-refractivity contribution >= 4 is 35.3 Å². The SMILES string of the molecule is CC1=CC=C2C(C)(C)C(=O)C(S(=O)(=O)c3ccccc3)=CC23Oc2c(cc(OP(=O)(O)O)c4c2C(=O)NC4=O)CC13C. The third kappa shape index (κ3) is 3.69. The highest BCUT2D eigenvalue weighted by atomic mass is 32.2. The van der Waals surface area contributed by atoms with Crippen LogP contribution in [0.25, 0.3) is 0 Å². The number of benzene rings is 2. The van der Waals surface area contributed by atoms with Gasteiger partial charge in [0.25, 0.3) is 11.8 Å². The number of imide groups is 1. The molecular weight excluding hydrogens is 585 g/mol. The second-order valence-electron chi connectivity index (χ2n) is 11.5. The predicted octanol–water partition coefficient (Wildman–Crippen LogP) is 3.57. The second-order valence-corrected chi connectivity index (χ2v) is 14.6. The van der Waals surface area contributed by atoms with Crippen molar-refractivity contribution in [1.29, 1.82) is 0 Å². The van der Waals surface area contributed by atoms with Crippen LogP contribution in [0.2, 0.25) is 0 Å². The number of allylic oxidation sites excluding steroid dienone is 3. The number of amides is 2. The Morgan fingerprint density at radius 1 is 1.00 bits per heavy atom. The van der Waals surface area contributed by atoms with Crippen LogP contribution in [0.1, 0.15) is 54.0 Å². The van der Waals surface area contributed by atoms with E-state index in [0.29, 0.717) is 11.1 Å². The number of fused-ring (bicyclic) bond motifs is 3. The van der Waals surface area contributed by atoms with Gasteiger partial charge in [-0.2, -0.15) is 0 Å². The third-order valence-corrected chi connectivity index (χ3v) is 11.0. The average Bonchev–Trinajstić information content (AvgIpc) is 3.20. The molecule has 3 N–H and O–H groups in total. The lowest BCUT2D eigenvalue weighted by Gasteiger charge is -2.58. The summed E-state index contributed by atoms with van der Waals surface area (Å²) in [6.07, 6.45) is 4.93. The number of hydrogen-bond acceptors (Lipinski definition) is 8. The summed E-state index contributed by atoms with van der Waals surface area (Å²) in [6.45, 7) is 6.87. The van der Waals surface area contributed by atoms with Gasteiger partial charge in [-0.1, -0.05) is 42.8 Å². The average molecular weight is 612 g/mol. The Morgan fingerprint density at radius 2 is 1.64 bits per heavy atom. The van der Waals surface area contributed by atoms with Crippen molar-refractivity contribution in [2.75, 3.05) is 0 Å². The largest absolute Gasteiger partial charge is 0.524 e. The molecule has 2 atom stereocenters. The highest BCUT2D eigenvalue weighted by Crippen LogP contribution is 2.63. The van der Waals surface area contributed by atoms with Crippen molar-refractivity contribution in [2.45, 2.75) is 44.6 Å². The number of hydrogen-bond donors (Lipinski definition) is 3. The molecule has 2 heterocycles. The van der Waals surface area contributed by atoms with E-state index in [1.807, 2.05) is 19.9 Å². The van der Waals surface area contributed by atoms with Gasteiger partial charge in [-0.15, -0.1) is 0 Å². The first kappa shape index (κ1) is 28.3. The maximum Gasteiger partial charge on any atom is 0.524 e. The molecule has 2 aromatic carbocycles. The monoisotopic (exact) mass is 611 g/mol. The van der Waals surface area contributed by atoms with E-state index in [1.54, 1.807) is 38.1 Å². The van der Waals surface area contributed by atoms with Crippen molar-refractivity contribution in [3.8, 4) is 11.5 Å². The predicted molar refractivity (Wildman–Crippen MR) is 148 cm³/mol. The first-order valence-corrected chi connectivity index (χ1v) is 15.9. The Labute approximate surface area is 241 Å². The fourth-order valence-electron chi connectivity index (χ4n) is 6.44. The number of phosphoric ester groups is 1. The first-order chi connectivity index (χ1) is 19.4. The molecule has 1 spiro atoms. The van der Waals surface area contributed by atoms with Crippen LogP contribution >= 0.6 is 7.82 Å². The summed E-state index contributed by atoms with van der Waals surface area (Å²) >= 11 is 0. The van der Waals surface area contributed by atoms with Crippen LogP contribution in [-0.2, 0) is 25.6 Å². The smallest absolute Gasteiger partial charge is 0.477 e. The molecule has 2 aliphatic carbocycles. The number of ether oxygens (including phenoxy) is 1. The number of sulfone groups is 1. The van der Waals surface area contributed by atoms with Gasteiger partial charge < -0.3 is 9.26 Å². The summed E-state index contributed by atoms with van der Waals surface area (Å²) in [5.74, 6) is -2.99. The van der Waals surface area contributed by atoms with Gasteiger partial charge in [-0.3, -0.25) is 29.5 Å². The van der Waals surface area contributed by atoms with Crippen LogP contribution in [0.3, 0.4) is 0 Å². The molecular formula is C29H26NO10PS. The highest BCUT2D eigenvalue weighted by molar-refractivity contribution is 7.96. The molecule has 0 bridgehead atoms. The van der Waals surface area contributed by atoms with E-state index in [1.165, 1.54) is 24.3 Å². The maximum absolute atomic E-state index is 13.9. The van der Waals surface area contributed by atoms with Crippen molar-refractivity contribution in [2.24, 2.45) is 10.8 Å². The van der Waals surface area contributed by atoms with E-state index in [2.05, 4.69) is 5.32 Å². The van der Waals surface area contributed by atoms with Gasteiger partial charge >= 0.3 is 7.82 Å². The number of carbonyl (C=O) groups excluding carboxylic acids is 3. The van der Waals surface area contributed by atoms with E-state index < -0.39 is 67.9 Å². The van der Waals surface area contributed by atoms with Crippen molar-refractivity contribution in [3.05, 3.63) is 87.4 Å². The van der Waals surface area contributed by atoms with Crippen molar-refractivity contribution < 1.29 is 46.4 Å². The standard InChI is InChI=1S/C29H26NO10PS/c1-15-10-11-20-27(2,3)24(31)19(42(37,38)17-8-6-5-7-9-17)14-29(20)28(15,4)13-16-12-18(40-41(34,35)36)21-22(23(16)39-29)26(33)30-25(21)32/h5-12,14H,13H2,1-4H3,(H,30,32,33)(H2,34,35,36). The maximum atomic E-state index is 13.9. The zero-order valence-corrected chi connectivity index (χ0v) is 24.6. The molecule has 2 aromatic rings. The second kappa shape index (κ2) is 8.61. The number of rotatable bonds is 4. The van der Waals surface area contributed by atoms with Crippen LogP contribution in [0.15, 0.2) is 75.6 Å². The topological polar surface area (TPSA) is 173 Å². The summed E-state index contributed by atoms with van der Waals surface area (Å²) in [6, 6.07) is 8.80. The summed E-state index contributed by atoms with van der Waals surface area (Å²) in [5, 5.41) is 2.11. The number of nitrogens with one attached hydrogen (secondary N) is 1. The lowest BCUT2D eigenvalue weighted by molar-refractivity contribution is -0.124. The van der Waals surface area contributed by atoms with Crippen LogP contribution in [0, 0.1) is 10.8 Å². The van der Waals surface area contributed by atoms with Gasteiger partial charge in [0.2, 0.25) is 9.84 Å². The van der Waals surface area contributed by atoms with Gasteiger partial charge in [0, 0.05) is 5.41 Å². The van der Waals surface area contributed by atoms with E-state index >= 15 is 0 Å². The van der Waals surface area contributed by atoms with Crippen LogP contribution in [0.5, 0.6) is 11.5 Å². The third-order valence-electron chi connectivity index (χ3n) is 8.76. The Hall–Kier alpha value is -3.83. The normalized spacial score (nSPS) is 26.0. The molecule has 0 radical (unpaired) electrons. The Balaban J connectivity index is 1.67. The van der Waals surface area contributed by atoms with Gasteiger partial charge in [-0.25, -0.2) is 13.0 Å². The van der Waals surface area contributed by atoms with Gasteiger partial charge in [-0.05, 0) is 62.6 Å². The molecule has 2 aliphatic heterocycles. The lowest BCUT2D eigenvalue weighted by Crippen LogP contribution is -2.62. The Morgan fingerprint density at radius 3 is 2.29 bits per heavy atom. The fourth-order valence-corrected chi connectivity index (χ4v) is 8.43. The zero-order chi connectivity index (χ0) is 30.6. The van der Waals surface area contributed by atoms with Gasteiger partial charge in [0.1, 0.15) is 16.4 Å². The number of ketones is 1. The van der Waals surface area contributed by atoms with Crippen molar-refractivity contribution in [1.82, 2.24) is 5.32 Å². The molecule has 13 heteroatoms. The van der Waals surface area contributed by atoms with Gasteiger partial charge in [0.15, 0.2) is 11.4 Å². The molecule has 11 nitrogen and oxygen atoms in total. The highest BCUT2D eigenvalue weighted by Gasteiger charge is 2.65. The van der Waals surface area contributed by atoms with Crippen LogP contribution < -0.4 is 14.6 Å². The number of carbonyl (C=O) groups is 3. The summed E-state index contributed by atoms with van der Waals surface area (Å²) in [5.41, 5.74) is -3.20. The molecule has 6 rings (SSSR count). The molecule has 0 fully saturated rings. The van der Waals surface area contributed by atoms with Crippen LogP contribution in [0.4, 0.5) is 0 Å². The summed E-state index contributed by atoms with van der Waals surface area (Å²) < 4.78 is 51.2. The molecule has 0 aromatic heterocycles. The minimum absolute atomic E-state index is 0.0673. The first-order valence-electron chi connectivity index (χ1n) is 12.9. The van der Waals surface area contributed by atoms with E-state index in [-0.39, 0.29) is 22.6 Å². The molecule has 2 unspecified atom stereocenters. The molecule has 4 aliphatic rings. The van der Waals surface area contributed by atoms with E-state index in [0.717, 1.165) is 5.57 Å². The fraction of sp³-hybridized carbons (Fsp3) is 0.276. The van der Waals surface area contributed by atoms with E-state index in [4.69, 9.17) is 9.26 Å². The molecule has 2 amide bonds. The minimum Gasteiger partial charge on any atom is -0.477 e. The lowest BCUT2D eigenvalue weighted by atomic mass is 9.52. The summed E-state index contributed by atoms with van der Waals surface area (Å²) in [4.78, 5) is 58.2. The number of phosphoric acid groups is 1.